The lowest BCUT2D eigenvalue weighted by Gasteiger charge is -2.12. The molecular formula is C11H14FIO. The fourth-order valence-electron chi connectivity index (χ4n) is 1.24. The van der Waals surface area contributed by atoms with Gasteiger partial charge in [0.25, 0.3) is 0 Å². The molecule has 0 bridgehead atoms. The molecule has 1 atom stereocenters. The van der Waals surface area contributed by atoms with Gasteiger partial charge in [0, 0.05) is 9.49 Å². The minimum atomic E-state index is -0.328. The Morgan fingerprint density at radius 2 is 2.21 bits per heavy atom. The van der Waals surface area contributed by atoms with Gasteiger partial charge in [0.05, 0.1) is 13.3 Å². The van der Waals surface area contributed by atoms with Gasteiger partial charge in [-0.3, -0.25) is 4.39 Å². The van der Waals surface area contributed by atoms with Gasteiger partial charge in [-0.2, -0.15) is 0 Å². The topological polar surface area (TPSA) is 9.23 Å². The highest BCUT2D eigenvalue weighted by Gasteiger charge is 2.10. The predicted octanol–water partition coefficient (Wildman–Crippen LogP) is 3.76. The van der Waals surface area contributed by atoms with Gasteiger partial charge in [-0.05, 0) is 53.3 Å². The molecule has 1 aromatic carbocycles. The smallest absolute Gasteiger partial charge is 0.119 e. The Morgan fingerprint density at radius 3 is 2.79 bits per heavy atom. The molecule has 0 saturated heterocycles. The first-order valence-corrected chi connectivity index (χ1v) is 5.75. The molecule has 0 aliphatic rings. The summed E-state index contributed by atoms with van der Waals surface area (Å²) in [7, 11) is 0. The van der Waals surface area contributed by atoms with E-state index in [1.54, 1.807) is 0 Å². The van der Waals surface area contributed by atoms with Crippen LogP contribution < -0.4 is 4.74 Å². The van der Waals surface area contributed by atoms with Crippen molar-refractivity contribution in [1.29, 1.82) is 0 Å². The van der Waals surface area contributed by atoms with E-state index >= 15 is 0 Å². The summed E-state index contributed by atoms with van der Waals surface area (Å²) in [5, 5.41) is 0. The van der Waals surface area contributed by atoms with Crippen LogP contribution in [-0.4, -0.2) is 13.3 Å². The highest BCUT2D eigenvalue weighted by atomic mass is 127. The molecule has 1 rings (SSSR count). The summed E-state index contributed by atoms with van der Waals surface area (Å²) in [6.45, 7) is 4.14. The van der Waals surface area contributed by atoms with Crippen molar-refractivity contribution in [3.63, 3.8) is 0 Å². The zero-order chi connectivity index (χ0) is 10.6. The molecule has 0 aliphatic heterocycles. The average Bonchev–Trinajstić information content (AvgIpc) is 2.20. The summed E-state index contributed by atoms with van der Waals surface area (Å²) < 4.78 is 19.0. The van der Waals surface area contributed by atoms with E-state index in [9.17, 15) is 4.39 Å². The van der Waals surface area contributed by atoms with Crippen LogP contribution in [0.15, 0.2) is 18.2 Å². The number of hydrogen-bond donors (Lipinski definition) is 0. The van der Waals surface area contributed by atoms with Gasteiger partial charge in [0.15, 0.2) is 0 Å². The Balaban J connectivity index is 2.95. The van der Waals surface area contributed by atoms with Crippen molar-refractivity contribution in [1.82, 2.24) is 0 Å². The number of rotatable bonds is 4. The van der Waals surface area contributed by atoms with Crippen LogP contribution in [0, 0.1) is 3.57 Å². The second-order valence-corrected chi connectivity index (χ2v) is 4.33. The third kappa shape index (κ3) is 2.83. The highest BCUT2D eigenvalue weighted by Crippen LogP contribution is 2.26. The molecule has 0 spiro atoms. The summed E-state index contributed by atoms with van der Waals surface area (Å²) in [4.78, 5) is 0. The maximum atomic E-state index is 12.5. The molecule has 0 aromatic heterocycles. The van der Waals surface area contributed by atoms with Crippen molar-refractivity contribution in [3.05, 3.63) is 27.3 Å². The highest BCUT2D eigenvalue weighted by molar-refractivity contribution is 14.1. The van der Waals surface area contributed by atoms with Crippen LogP contribution in [0.5, 0.6) is 5.75 Å². The third-order valence-corrected chi connectivity index (χ3v) is 3.02. The van der Waals surface area contributed by atoms with Gasteiger partial charge >= 0.3 is 0 Å². The van der Waals surface area contributed by atoms with Gasteiger partial charge in [0.1, 0.15) is 5.75 Å². The zero-order valence-corrected chi connectivity index (χ0v) is 10.5. The molecule has 0 N–H and O–H groups in total. The SMILES string of the molecule is CCOc1ccc(I)c(C(C)CF)c1. The zero-order valence-electron chi connectivity index (χ0n) is 8.39. The quantitative estimate of drug-likeness (QED) is 0.770. The molecule has 0 fully saturated rings. The van der Waals surface area contributed by atoms with Crippen molar-refractivity contribution in [2.24, 2.45) is 0 Å². The van der Waals surface area contributed by atoms with E-state index in [1.807, 2.05) is 32.0 Å². The van der Waals surface area contributed by atoms with E-state index in [4.69, 9.17) is 4.74 Å². The Morgan fingerprint density at radius 1 is 1.50 bits per heavy atom. The van der Waals surface area contributed by atoms with Gasteiger partial charge in [-0.15, -0.1) is 0 Å². The van der Waals surface area contributed by atoms with Gasteiger partial charge < -0.3 is 4.74 Å². The lowest BCUT2D eigenvalue weighted by Crippen LogP contribution is -2.00. The van der Waals surface area contributed by atoms with Crippen LogP contribution in [-0.2, 0) is 0 Å². The number of alkyl halides is 1. The van der Waals surface area contributed by atoms with Gasteiger partial charge in [-0.1, -0.05) is 6.92 Å². The molecule has 1 unspecified atom stereocenters. The molecule has 14 heavy (non-hydrogen) atoms. The maximum absolute atomic E-state index is 12.5. The van der Waals surface area contributed by atoms with Crippen molar-refractivity contribution >= 4 is 22.6 Å². The molecule has 1 aromatic rings. The first kappa shape index (κ1) is 11.8. The normalized spacial score (nSPS) is 12.6. The van der Waals surface area contributed by atoms with E-state index in [-0.39, 0.29) is 12.6 Å². The monoisotopic (exact) mass is 308 g/mol. The first-order valence-electron chi connectivity index (χ1n) is 4.67. The van der Waals surface area contributed by atoms with E-state index in [0.717, 1.165) is 14.9 Å². The minimum Gasteiger partial charge on any atom is -0.494 e. The van der Waals surface area contributed by atoms with Crippen molar-refractivity contribution in [2.75, 3.05) is 13.3 Å². The molecule has 0 amide bonds. The Labute approximate surface area is 97.8 Å². The average molecular weight is 308 g/mol. The lowest BCUT2D eigenvalue weighted by atomic mass is 10.0. The minimum absolute atomic E-state index is 0.0534. The van der Waals surface area contributed by atoms with Crippen LogP contribution in [0.3, 0.4) is 0 Å². The number of hydrogen-bond acceptors (Lipinski definition) is 1. The van der Waals surface area contributed by atoms with Gasteiger partial charge in [0.2, 0.25) is 0 Å². The van der Waals surface area contributed by atoms with Crippen LogP contribution in [0.1, 0.15) is 25.3 Å². The van der Waals surface area contributed by atoms with Crippen molar-refractivity contribution < 1.29 is 9.13 Å². The standard InChI is InChI=1S/C11H14FIO/c1-3-14-9-4-5-11(13)10(6-9)8(2)7-12/h4-6,8H,3,7H2,1-2H3. The lowest BCUT2D eigenvalue weighted by molar-refractivity contribution is 0.339. The van der Waals surface area contributed by atoms with Crippen LogP contribution in [0.25, 0.3) is 0 Å². The number of halogens is 2. The van der Waals surface area contributed by atoms with E-state index < -0.39 is 0 Å². The summed E-state index contributed by atoms with van der Waals surface area (Å²) in [5.74, 6) is 0.769. The molecule has 0 heterocycles. The Hall–Kier alpha value is -0.320. The molecule has 78 valence electrons. The molecule has 0 radical (unpaired) electrons. The predicted molar refractivity (Wildman–Crippen MR) is 64.7 cm³/mol. The van der Waals surface area contributed by atoms with Crippen molar-refractivity contribution in [2.45, 2.75) is 19.8 Å². The molecule has 0 saturated carbocycles. The summed E-state index contributed by atoms with van der Waals surface area (Å²) >= 11 is 2.22. The first-order chi connectivity index (χ1) is 6.69. The second kappa shape index (κ2) is 5.53. The Bertz CT molecular complexity index is 301. The second-order valence-electron chi connectivity index (χ2n) is 3.17. The molecule has 1 nitrogen and oxygen atoms in total. The Kier molecular flexibility index (Phi) is 4.65. The van der Waals surface area contributed by atoms with Crippen LogP contribution in [0.4, 0.5) is 4.39 Å². The van der Waals surface area contributed by atoms with Gasteiger partial charge in [-0.25, -0.2) is 0 Å². The largest absolute Gasteiger partial charge is 0.494 e. The van der Waals surface area contributed by atoms with E-state index in [0.29, 0.717) is 6.61 Å². The summed E-state index contributed by atoms with van der Waals surface area (Å²) in [5.41, 5.74) is 1.03. The molecular weight excluding hydrogens is 294 g/mol. The number of benzene rings is 1. The fraction of sp³-hybridized carbons (Fsp3) is 0.455. The molecule has 3 heteroatoms. The third-order valence-electron chi connectivity index (χ3n) is 2.04. The molecule has 0 aliphatic carbocycles. The summed E-state index contributed by atoms with van der Waals surface area (Å²) in [6.07, 6.45) is 0. The van der Waals surface area contributed by atoms with Crippen molar-refractivity contribution in [3.8, 4) is 5.75 Å². The van der Waals surface area contributed by atoms with E-state index in [1.165, 1.54) is 0 Å². The summed E-state index contributed by atoms with van der Waals surface area (Å²) in [6, 6.07) is 5.81. The fourth-order valence-corrected chi connectivity index (χ4v) is 2.11. The number of ether oxygens (including phenoxy) is 1. The van der Waals surface area contributed by atoms with Crippen LogP contribution in [0.2, 0.25) is 0 Å². The van der Waals surface area contributed by atoms with Crippen LogP contribution >= 0.6 is 22.6 Å². The maximum Gasteiger partial charge on any atom is 0.119 e. The van der Waals surface area contributed by atoms with E-state index in [2.05, 4.69) is 22.6 Å².